The summed E-state index contributed by atoms with van der Waals surface area (Å²) in [6.07, 6.45) is 2.04. The first kappa shape index (κ1) is 13.3. The second-order valence-corrected chi connectivity index (χ2v) is 4.87. The molecule has 1 atom stereocenters. The number of amides is 2. The van der Waals surface area contributed by atoms with Crippen LogP contribution in [0.2, 0.25) is 0 Å². The first-order chi connectivity index (χ1) is 8.99. The molecule has 1 aliphatic heterocycles. The third kappa shape index (κ3) is 2.83. The summed E-state index contributed by atoms with van der Waals surface area (Å²) in [6.45, 7) is 4.53. The molecular formula is C13H17N3O3. The zero-order chi connectivity index (χ0) is 14.0. The largest absolute Gasteiger partial charge is 0.322 e. The highest BCUT2D eigenvalue weighted by atomic mass is 16.6. The van der Waals surface area contributed by atoms with Gasteiger partial charge >= 0.3 is 6.03 Å². The fourth-order valence-electron chi connectivity index (χ4n) is 2.32. The zero-order valence-corrected chi connectivity index (χ0v) is 11.0. The number of urea groups is 1. The molecule has 0 unspecified atom stereocenters. The Morgan fingerprint density at radius 1 is 1.53 bits per heavy atom. The number of hydrogen-bond acceptors (Lipinski definition) is 3. The normalized spacial score (nSPS) is 18.4. The van der Waals surface area contributed by atoms with Gasteiger partial charge < -0.3 is 10.2 Å². The molecule has 19 heavy (non-hydrogen) atoms. The van der Waals surface area contributed by atoms with Gasteiger partial charge in [0.05, 0.1) is 4.92 Å². The van der Waals surface area contributed by atoms with E-state index in [4.69, 9.17) is 0 Å². The van der Waals surface area contributed by atoms with Gasteiger partial charge in [0.15, 0.2) is 0 Å². The number of nitrogens with zero attached hydrogens (tertiary/aromatic N) is 2. The van der Waals surface area contributed by atoms with Gasteiger partial charge in [-0.15, -0.1) is 0 Å². The molecule has 1 aromatic rings. The van der Waals surface area contributed by atoms with Gasteiger partial charge in [-0.2, -0.15) is 0 Å². The second kappa shape index (κ2) is 5.26. The third-order valence-electron chi connectivity index (χ3n) is 3.48. The number of anilines is 1. The number of nitrogens with one attached hydrogen (secondary N) is 1. The Balaban J connectivity index is 2.11. The summed E-state index contributed by atoms with van der Waals surface area (Å²) in [7, 11) is 0. The molecule has 0 saturated carbocycles. The lowest BCUT2D eigenvalue weighted by atomic mass is 10.2. The molecule has 102 valence electrons. The van der Waals surface area contributed by atoms with E-state index in [0.29, 0.717) is 11.3 Å². The van der Waals surface area contributed by atoms with E-state index in [1.54, 1.807) is 17.9 Å². The van der Waals surface area contributed by atoms with Gasteiger partial charge in [-0.3, -0.25) is 10.1 Å². The molecule has 1 heterocycles. The number of benzene rings is 1. The van der Waals surface area contributed by atoms with Crippen molar-refractivity contribution in [3.8, 4) is 0 Å². The lowest BCUT2D eigenvalue weighted by Gasteiger charge is -2.22. The monoisotopic (exact) mass is 263 g/mol. The number of aryl methyl sites for hydroxylation is 1. The van der Waals surface area contributed by atoms with Crippen LogP contribution in [0.1, 0.15) is 25.3 Å². The molecule has 2 rings (SSSR count). The van der Waals surface area contributed by atoms with Crippen molar-refractivity contribution in [2.24, 2.45) is 0 Å². The molecule has 2 amide bonds. The number of rotatable bonds is 2. The lowest BCUT2D eigenvalue weighted by molar-refractivity contribution is -0.384. The number of carbonyl (C=O) groups is 1. The molecule has 1 aromatic carbocycles. The van der Waals surface area contributed by atoms with E-state index in [1.807, 2.05) is 6.92 Å². The standard InChI is InChI=1S/C13H17N3O3/c1-9-8-11(16(18)19)5-6-12(9)14-13(17)15-7-3-4-10(15)2/h5-6,8,10H,3-4,7H2,1-2H3,(H,14,17)/t10-/m0/s1. The Kier molecular flexibility index (Phi) is 3.69. The van der Waals surface area contributed by atoms with Crippen molar-refractivity contribution in [3.63, 3.8) is 0 Å². The van der Waals surface area contributed by atoms with Crippen LogP contribution in [-0.2, 0) is 0 Å². The van der Waals surface area contributed by atoms with Crippen LogP contribution in [0.25, 0.3) is 0 Å². The highest BCUT2D eigenvalue weighted by Crippen LogP contribution is 2.23. The van der Waals surface area contributed by atoms with Crippen LogP contribution in [0.15, 0.2) is 18.2 Å². The van der Waals surface area contributed by atoms with Gasteiger partial charge in [0.2, 0.25) is 0 Å². The highest BCUT2D eigenvalue weighted by molar-refractivity contribution is 5.90. The van der Waals surface area contributed by atoms with Gasteiger partial charge in [0.1, 0.15) is 0 Å². The van der Waals surface area contributed by atoms with E-state index in [2.05, 4.69) is 5.32 Å². The molecule has 1 aliphatic rings. The number of likely N-dealkylation sites (tertiary alicyclic amines) is 1. The van der Waals surface area contributed by atoms with Crippen molar-refractivity contribution in [2.75, 3.05) is 11.9 Å². The van der Waals surface area contributed by atoms with Crippen molar-refractivity contribution in [3.05, 3.63) is 33.9 Å². The van der Waals surface area contributed by atoms with E-state index in [1.165, 1.54) is 12.1 Å². The molecular weight excluding hydrogens is 246 g/mol. The zero-order valence-electron chi connectivity index (χ0n) is 11.0. The van der Waals surface area contributed by atoms with Crippen molar-refractivity contribution in [1.29, 1.82) is 0 Å². The summed E-state index contributed by atoms with van der Waals surface area (Å²) in [5, 5.41) is 13.5. The minimum Gasteiger partial charge on any atom is -0.322 e. The van der Waals surface area contributed by atoms with Gasteiger partial charge in [-0.05, 0) is 38.3 Å². The molecule has 0 spiro atoms. The Morgan fingerprint density at radius 3 is 2.79 bits per heavy atom. The smallest absolute Gasteiger partial charge is 0.322 e. The first-order valence-corrected chi connectivity index (χ1v) is 6.31. The van der Waals surface area contributed by atoms with E-state index in [9.17, 15) is 14.9 Å². The van der Waals surface area contributed by atoms with Crippen LogP contribution >= 0.6 is 0 Å². The third-order valence-corrected chi connectivity index (χ3v) is 3.48. The molecule has 1 N–H and O–H groups in total. The summed E-state index contributed by atoms with van der Waals surface area (Å²) < 4.78 is 0. The Bertz CT molecular complexity index is 516. The number of nitro benzene ring substituents is 1. The van der Waals surface area contributed by atoms with Crippen LogP contribution in [0, 0.1) is 17.0 Å². The number of non-ortho nitro benzene ring substituents is 1. The van der Waals surface area contributed by atoms with Gasteiger partial charge in [-0.1, -0.05) is 0 Å². The maximum absolute atomic E-state index is 12.1. The minimum absolute atomic E-state index is 0.0324. The SMILES string of the molecule is Cc1cc([N+](=O)[O-])ccc1NC(=O)N1CCC[C@@H]1C. The van der Waals surface area contributed by atoms with Crippen molar-refractivity contribution in [2.45, 2.75) is 32.7 Å². The van der Waals surface area contributed by atoms with Crippen molar-refractivity contribution < 1.29 is 9.72 Å². The Morgan fingerprint density at radius 2 is 2.26 bits per heavy atom. The second-order valence-electron chi connectivity index (χ2n) is 4.87. The molecule has 6 heteroatoms. The van der Waals surface area contributed by atoms with E-state index < -0.39 is 4.92 Å². The summed E-state index contributed by atoms with van der Waals surface area (Å²) in [5.74, 6) is 0. The van der Waals surface area contributed by atoms with Crippen LogP contribution in [0.4, 0.5) is 16.2 Å². The Labute approximate surface area is 111 Å². The molecule has 0 radical (unpaired) electrons. The van der Waals surface area contributed by atoms with E-state index in [-0.39, 0.29) is 17.8 Å². The summed E-state index contributed by atoms with van der Waals surface area (Å²) in [6, 6.07) is 4.55. The average Bonchev–Trinajstić information content (AvgIpc) is 2.77. The lowest BCUT2D eigenvalue weighted by Crippen LogP contribution is -2.37. The molecule has 6 nitrogen and oxygen atoms in total. The fourth-order valence-corrected chi connectivity index (χ4v) is 2.32. The van der Waals surface area contributed by atoms with E-state index in [0.717, 1.165) is 19.4 Å². The van der Waals surface area contributed by atoms with Crippen LogP contribution in [0.3, 0.4) is 0 Å². The molecule has 0 aliphatic carbocycles. The summed E-state index contributed by atoms with van der Waals surface area (Å²) in [5.41, 5.74) is 1.34. The summed E-state index contributed by atoms with van der Waals surface area (Å²) in [4.78, 5) is 24.1. The molecule has 1 saturated heterocycles. The van der Waals surface area contributed by atoms with Gasteiger partial charge in [0, 0.05) is 30.4 Å². The van der Waals surface area contributed by atoms with E-state index >= 15 is 0 Å². The minimum atomic E-state index is -0.443. The number of carbonyl (C=O) groups excluding carboxylic acids is 1. The first-order valence-electron chi connectivity index (χ1n) is 6.31. The van der Waals surface area contributed by atoms with Crippen molar-refractivity contribution in [1.82, 2.24) is 4.90 Å². The predicted molar refractivity (Wildman–Crippen MR) is 72.3 cm³/mol. The fraction of sp³-hybridized carbons (Fsp3) is 0.462. The number of nitro groups is 1. The average molecular weight is 263 g/mol. The predicted octanol–water partition coefficient (Wildman–Crippen LogP) is 2.92. The Hall–Kier alpha value is -2.11. The van der Waals surface area contributed by atoms with Gasteiger partial charge in [0.25, 0.3) is 5.69 Å². The highest BCUT2D eigenvalue weighted by Gasteiger charge is 2.25. The van der Waals surface area contributed by atoms with Gasteiger partial charge in [-0.25, -0.2) is 4.79 Å². The topological polar surface area (TPSA) is 75.5 Å². The van der Waals surface area contributed by atoms with Crippen molar-refractivity contribution >= 4 is 17.4 Å². The van der Waals surface area contributed by atoms with Crippen LogP contribution in [-0.4, -0.2) is 28.4 Å². The molecule has 0 aromatic heterocycles. The number of hydrogen-bond donors (Lipinski definition) is 1. The molecule has 1 fully saturated rings. The maximum Gasteiger partial charge on any atom is 0.322 e. The van der Waals surface area contributed by atoms with Crippen LogP contribution < -0.4 is 5.32 Å². The summed E-state index contributed by atoms with van der Waals surface area (Å²) >= 11 is 0. The van der Waals surface area contributed by atoms with Crippen LogP contribution in [0.5, 0.6) is 0 Å². The maximum atomic E-state index is 12.1. The quantitative estimate of drug-likeness (QED) is 0.658. The molecule has 0 bridgehead atoms.